The van der Waals surface area contributed by atoms with Crippen LogP contribution in [0.1, 0.15) is 5.56 Å². The van der Waals surface area contributed by atoms with Crippen molar-refractivity contribution in [1.82, 2.24) is 0 Å². The highest BCUT2D eigenvalue weighted by atomic mass is 31.0. The molecule has 2 heteroatoms. The zero-order valence-corrected chi connectivity index (χ0v) is 6.62. The lowest BCUT2D eigenvalue weighted by molar-refractivity contribution is 1.49. The SMILES string of the molecule is Cc1ccc([B]P)cc1. The average molecular weight is 135 g/mol. The van der Waals surface area contributed by atoms with Crippen molar-refractivity contribution in [3.05, 3.63) is 29.8 Å². The molecule has 9 heavy (non-hydrogen) atoms. The van der Waals surface area contributed by atoms with E-state index in [2.05, 4.69) is 40.3 Å². The highest BCUT2D eigenvalue weighted by molar-refractivity contribution is 7.58. The Bertz CT molecular complexity index is 181. The standard InChI is InChI=1S/C7H9BP/c1-6-2-4-7(8-9)5-3-6/h2-5H,9H2,1H3. The van der Waals surface area contributed by atoms with Gasteiger partial charge in [-0.25, -0.2) is 0 Å². The van der Waals surface area contributed by atoms with E-state index in [0.717, 1.165) is 0 Å². The molecule has 0 saturated carbocycles. The lowest BCUT2D eigenvalue weighted by Gasteiger charge is -1.93. The van der Waals surface area contributed by atoms with Gasteiger partial charge in [-0.3, -0.25) is 0 Å². The lowest BCUT2D eigenvalue weighted by Crippen LogP contribution is -2.06. The van der Waals surface area contributed by atoms with E-state index in [9.17, 15) is 0 Å². The predicted octanol–water partition coefficient (Wildman–Crippen LogP) is 1.11. The fourth-order valence-corrected chi connectivity index (χ4v) is 0.900. The van der Waals surface area contributed by atoms with E-state index in [-0.39, 0.29) is 0 Å². The van der Waals surface area contributed by atoms with Gasteiger partial charge in [-0.2, -0.15) is 9.12 Å². The zero-order valence-electron chi connectivity index (χ0n) is 5.46. The van der Waals surface area contributed by atoms with E-state index >= 15 is 0 Å². The zero-order chi connectivity index (χ0) is 6.69. The summed E-state index contributed by atoms with van der Waals surface area (Å²) in [6, 6.07) is 8.41. The second-order valence-electron chi connectivity index (χ2n) is 2.08. The minimum Gasteiger partial charge on any atom is -0.172 e. The molecule has 0 aromatic heterocycles. The maximum Gasteiger partial charge on any atom is 0.178 e. The molecule has 0 nitrogen and oxygen atoms in total. The normalized spacial score (nSPS) is 9.11. The summed E-state index contributed by atoms with van der Waals surface area (Å²) in [4.78, 5) is 0. The van der Waals surface area contributed by atoms with Gasteiger partial charge in [-0.1, -0.05) is 35.3 Å². The molecule has 0 heterocycles. The van der Waals surface area contributed by atoms with Crippen LogP contribution in [-0.4, -0.2) is 7.00 Å². The molecule has 0 aliphatic carbocycles. The van der Waals surface area contributed by atoms with Crippen LogP contribution in [0.5, 0.6) is 0 Å². The minimum absolute atomic E-state index is 1.26. The summed E-state index contributed by atoms with van der Waals surface area (Å²) in [6.07, 6.45) is 0. The van der Waals surface area contributed by atoms with Gasteiger partial charge in [-0.05, 0) is 6.92 Å². The highest BCUT2D eigenvalue weighted by Crippen LogP contribution is 1.92. The van der Waals surface area contributed by atoms with Crippen LogP contribution in [0.15, 0.2) is 24.3 Å². The molecular weight excluding hydrogens is 126 g/mol. The smallest absolute Gasteiger partial charge is 0.172 e. The molecule has 1 radical (unpaired) electrons. The molecule has 1 aromatic rings. The van der Waals surface area contributed by atoms with E-state index in [1.165, 1.54) is 11.0 Å². The van der Waals surface area contributed by atoms with E-state index < -0.39 is 0 Å². The van der Waals surface area contributed by atoms with E-state index in [4.69, 9.17) is 0 Å². The second kappa shape index (κ2) is 3.03. The van der Waals surface area contributed by atoms with Crippen molar-refractivity contribution in [2.75, 3.05) is 0 Å². The van der Waals surface area contributed by atoms with Crippen LogP contribution in [0.25, 0.3) is 0 Å². The quantitative estimate of drug-likeness (QED) is 0.399. The fraction of sp³-hybridized carbons (Fsp3) is 0.143. The summed E-state index contributed by atoms with van der Waals surface area (Å²) in [7, 11) is 2.58. The van der Waals surface area contributed by atoms with Gasteiger partial charge in [0.2, 0.25) is 0 Å². The molecule has 0 spiro atoms. The van der Waals surface area contributed by atoms with Crippen LogP contribution in [0, 0.1) is 6.92 Å². The first-order valence-electron chi connectivity index (χ1n) is 2.94. The molecule has 1 atom stereocenters. The van der Waals surface area contributed by atoms with Crippen molar-refractivity contribution in [1.29, 1.82) is 0 Å². The second-order valence-corrected chi connectivity index (χ2v) is 2.41. The van der Waals surface area contributed by atoms with Crippen molar-refractivity contribution in [3.8, 4) is 0 Å². The van der Waals surface area contributed by atoms with Crippen LogP contribution in [0.3, 0.4) is 0 Å². The maximum absolute atomic E-state index is 2.58. The molecule has 1 unspecified atom stereocenters. The summed E-state index contributed by atoms with van der Waals surface area (Å²) in [5.41, 5.74) is 2.57. The Morgan fingerprint density at radius 1 is 1.22 bits per heavy atom. The van der Waals surface area contributed by atoms with Gasteiger partial charge in [0.05, 0.1) is 0 Å². The van der Waals surface area contributed by atoms with Crippen LogP contribution in [0.4, 0.5) is 0 Å². The van der Waals surface area contributed by atoms with E-state index in [1.54, 1.807) is 0 Å². The van der Waals surface area contributed by atoms with Crippen molar-refractivity contribution in [3.63, 3.8) is 0 Å². The summed E-state index contributed by atoms with van der Waals surface area (Å²) in [5.74, 6) is 0. The first-order valence-corrected chi connectivity index (χ1v) is 3.61. The fourth-order valence-electron chi connectivity index (χ4n) is 0.678. The molecule has 0 amide bonds. The number of aryl methyl sites for hydroxylation is 1. The summed E-state index contributed by atoms with van der Waals surface area (Å²) >= 11 is 0. The van der Waals surface area contributed by atoms with Crippen LogP contribution < -0.4 is 5.46 Å². The van der Waals surface area contributed by atoms with Gasteiger partial charge in [-0.15, -0.1) is 0 Å². The number of rotatable bonds is 1. The Morgan fingerprint density at radius 3 is 2.22 bits per heavy atom. The number of benzene rings is 1. The predicted molar refractivity (Wildman–Crippen MR) is 46.3 cm³/mol. The third kappa shape index (κ3) is 1.84. The molecule has 45 valence electrons. The third-order valence-corrected chi connectivity index (χ3v) is 1.65. The Kier molecular flexibility index (Phi) is 2.30. The van der Waals surface area contributed by atoms with Crippen LogP contribution in [0.2, 0.25) is 0 Å². The first-order chi connectivity index (χ1) is 4.33. The Morgan fingerprint density at radius 2 is 1.78 bits per heavy atom. The molecule has 1 rings (SSSR count). The molecule has 0 bridgehead atoms. The summed E-state index contributed by atoms with van der Waals surface area (Å²) < 4.78 is 0. The highest BCUT2D eigenvalue weighted by Gasteiger charge is 1.86. The Hall–Kier alpha value is -0.285. The summed E-state index contributed by atoms with van der Waals surface area (Å²) in [6.45, 7) is 4.10. The Labute approximate surface area is 59.1 Å². The first kappa shape index (κ1) is 6.83. The third-order valence-electron chi connectivity index (χ3n) is 1.27. The molecule has 0 aliphatic rings. The molecule has 1 aromatic carbocycles. The maximum atomic E-state index is 2.58. The molecule has 0 fully saturated rings. The van der Waals surface area contributed by atoms with Crippen molar-refractivity contribution in [2.45, 2.75) is 6.92 Å². The number of hydrogen-bond acceptors (Lipinski definition) is 0. The molecule has 0 saturated heterocycles. The van der Waals surface area contributed by atoms with E-state index in [1.807, 2.05) is 7.00 Å². The minimum atomic E-state index is 1.26. The lowest BCUT2D eigenvalue weighted by atomic mass is 9.94. The monoisotopic (exact) mass is 135 g/mol. The number of hydrogen-bond donors (Lipinski definition) is 0. The topological polar surface area (TPSA) is 0 Å². The van der Waals surface area contributed by atoms with Gasteiger partial charge in [0.1, 0.15) is 0 Å². The van der Waals surface area contributed by atoms with Gasteiger partial charge in [0.25, 0.3) is 0 Å². The van der Waals surface area contributed by atoms with Crippen LogP contribution >= 0.6 is 9.12 Å². The Balaban J connectivity index is 2.88. The van der Waals surface area contributed by atoms with E-state index in [0.29, 0.717) is 0 Å². The average Bonchev–Trinajstić information content (AvgIpc) is 1.90. The summed E-state index contributed by atoms with van der Waals surface area (Å²) in [5, 5.41) is 0. The molecule has 0 N–H and O–H groups in total. The van der Waals surface area contributed by atoms with Crippen molar-refractivity contribution < 1.29 is 0 Å². The van der Waals surface area contributed by atoms with Crippen molar-refractivity contribution >= 4 is 21.6 Å². The van der Waals surface area contributed by atoms with Gasteiger partial charge in [0.15, 0.2) is 7.00 Å². The van der Waals surface area contributed by atoms with Crippen LogP contribution in [-0.2, 0) is 0 Å². The van der Waals surface area contributed by atoms with Gasteiger partial charge >= 0.3 is 0 Å². The van der Waals surface area contributed by atoms with Crippen molar-refractivity contribution in [2.24, 2.45) is 0 Å². The van der Waals surface area contributed by atoms with Gasteiger partial charge in [0, 0.05) is 0 Å². The van der Waals surface area contributed by atoms with Gasteiger partial charge < -0.3 is 0 Å². The molecule has 0 aliphatic heterocycles. The largest absolute Gasteiger partial charge is 0.178 e. The molecular formula is C7H9BP.